The number of carbonyl (C=O) groups is 1. The number of unbranched alkanes of at least 4 members (excludes halogenated alkanes) is 6. The van der Waals surface area contributed by atoms with Gasteiger partial charge in [-0.1, -0.05) is 0 Å². The standard InChI is InChI=1S/C4H5O2.6C4H9.2Sn/c1-2-3-4(5)6;6*1-3-4-2;;/h1-2H,3H2,(H,5,6);6*1,3-4H2,2H3;;. The van der Waals surface area contributed by atoms with Gasteiger partial charge in [0.05, 0.1) is 0 Å². The monoisotopic (exact) mass is 667 g/mol. The van der Waals surface area contributed by atoms with Gasteiger partial charge in [-0.15, -0.1) is 0 Å². The van der Waals surface area contributed by atoms with Gasteiger partial charge in [-0.05, 0) is 0 Å². The second kappa shape index (κ2) is 26.4. The molecular formula is C28H59O2Sn2. The Balaban J connectivity index is 0. The van der Waals surface area contributed by atoms with E-state index in [1.807, 2.05) is 6.08 Å². The van der Waals surface area contributed by atoms with Gasteiger partial charge in [0, 0.05) is 0 Å². The number of aliphatic carboxylic acids is 1. The SMILES string of the molecule is CCC[CH2][Sn](/[CH]=C/CC(=O)O)([CH2]CCC)[CH2]CCC.CCC[CH2][Sn]([CH2]CCC)[CH2]CCC. The third-order valence-electron chi connectivity index (χ3n) is 6.50. The summed E-state index contributed by atoms with van der Waals surface area (Å²) in [6, 6.07) is 0. The van der Waals surface area contributed by atoms with Crippen molar-refractivity contribution in [2.24, 2.45) is 0 Å². The molecule has 0 bridgehead atoms. The van der Waals surface area contributed by atoms with E-state index in [1.165, 1.54) is 90.4 Å². The van der Waals surface area contributed by atoms with Crippen molar-refractivity contribution in [3.8, 4) is 0 Å². The zero-order valence-electron chi connectivity index (χ0n) is 22.9. The quantitative estimate of drug-likeness (QED) is 0.124. The van der Waals surface area contributed by atoms with Crippen molar-refractivity contribution in [1.29, 1.82) is 0 Å². The molecule has 0 aromatic rings. The summed E-state index contributed by atoms with van der Waals surface area (Å²) in [5.74, 6) is -0.696. The van der Waals surface area contributed by atoms with Crippen LogP contribution in [0.15, 0.2) is 10.2 Å². The molecule has 0 rings (SSSR count). The van der Waals surface area contributed by atoms with E-state index in [0.717, 1.165) is 0 Å². The van der Waals surface area contributed by atoms with Crippen LogP contribution in [0.3, 0.4) is 0 Å². The molecule has 2 nitrogen and oxygen atoms in total. The summed E-state index contributed by atoms with van der Waals surface area (Å²) >= 11 is -3.04. The molecule has 0 unspecified atom stereocenters. The molecule has 0 aliphatic carbocycles. The second-order valence-electron chi connectivity index (χ2n) is 9.73. The molecular weight excluding hydrogens is 606 g/mol. The average molecular weight is 665 g/mol. The predicted octanol–water partition coefficient (Wildman–Crippen LogP) is 10.3. The molecule has 0 spiro atoms. The fourth-order valence-corrected chi connectivity index (χ4v) is 28.1. The van der Waals surface area contributed by atoms with E-state index in [2.05, 4.69) is 45.6 Å². The third kappa shape index (κ3) is 22.6. The Labute approximate surface area is 214 Å². The first kappa shape index (κ1) is 35.0. The molecule has 0 aromatic carbocycles. The van der Waals surface area contributed by atoms with Crippen LogP contribution < -0.4 is 0 Å². The van der Waals surface area contributed by atoms with E-state index < -0.39 is 44.1 Å². The van der Waals surface area contributed by atoms with Crippen LogP contribution in [0, 0.1) is 0 Å². The van der Waals surface area contributed by atoms with E-state index in [9.17, 15) is 4.79 Å². The summed E-state index contributed by atoms with van der Waals surface area (Å²) in [5, 5.41) is 8.81. The van der Waals surface area contributed by atoms with E-state index in [-0.39, 0.29) is 6.42 Å². The molecule has 0 atom stereocenters. The van der Waals surface area contributed by atoms with Gasteiger partial charge in [0.15, 0.2) is 0 Å². The number of carboxylic acids is 1. The van der Waals surface area contributed by atoms with Crippen molar-refractivity contribution in [3.05, 3.63) is 10.2 Å². The van der Waals surface area contributed by atoms with Crippen molar-refractivity contribution >= 4 is 44.1 Å². The third-order valence-corrected chi connectivity index (χ3v) is 29.8. The van der Waals surface area contributed by atoms with Crippen LogP contribution in [0.4, 0.5) is 0 Å². The normalized spacial score (nSPS) is 11.7. The van der Waals surface area contributed by atoms with Crippen molar-refractivity contribution in [2.75, 3.05) is 0 Å². The van der Waals surface area contributed by atoms with Crippen LogP contribution in [-0.4, -0.2) is 49.2 Å². The summed E-state index contributed by atoms with van der Waals surface area (Å²) in [6.07, 6.45) is 18.8. The Kier molecular flexibility index (Phi) is 28.9. The van der Waals surface area contributed by atoms with Gasteiger partial charge in [0.1, 0.15) is 0 Å². The van der Waals surface area contributed by atoms with Crippen LogP contribution >= 0.6 is 0 Å². The molecule has 32 heavy (non-hydrogen) atoms. The maximum atomic E-state index is 10.7. The summed E-state index contributed by atoms with van der Waals surface area (Å²) in [6.45, 7) is 13.8. The van der Waals surface area contributed by atoms with Crippen molar-refractivity contribution in [1.82, 2.24) is 0 Å². The first-order valence-corrected chi connectivity index (χ1v) is 27.9. The molecule has 0 saturated heterocycles. The predicted molar refractivity (Wildman–Crippen MR) is 151 cm³/mol. The van der Waals surface area contributed by atoms with Gasteiger partial charge < -0.3 is 0 Å². The molecule has 0 aromatic heterocycles. The molecule has 0 aliphatic heterocycles. The fraction of sp³-hybridized carbons (Fsp3) is 0.893. The van der Waals surface area contributed by atoms with Crippen molar-refractivity contribution < 1.29 is 9.90 Å². The molecule has 191 valence electrons. The second-order valence-corrected chi connectivity index (χ2v) is 31.3. The van der Waals surface area contributed by atoms with Gasteiger partial charge in [0.25, 0.3) is 0 Å². The maximum absolute atomic E-state index is 10.7. The molecule has 0 aliphatic rings. The average Bonchev–Trinajstić information content (AvgIpc) is 2.79. The van der Waals surface area contributed by atoms with Crippen LogP contribution in [0.25, 0.3) is 0 Å². The Bertz CT molecular complexity index is 383. The number of rotatable bonds is 21. The number of hydrogen-bond donors (Lipinski definition) is 1. The van der Waals surface area contributed by atoms with Gasteiger partial charge in [0.2, 0.25) is 0 Å². The number of hydrogen-bond acceptors (Lipinski definition) is 1. The van der Waals surface area contributed by atoms with Crippen LogP contribution in [0.1, 0.15) is 125 Å². The number of carboxylic acid groups (broad SMARTS) is 1. The zero-order chi connectivity index (χ0) is 24.5. The van der Waals surface area contributed by atoms with E-state index >= 15 is 0 Å². The zero-order valence-corrected chi connectivity index (χ0v) is 28.7. The molecule has 1 N–H and O–H groups in total. The molecule has 0 fully saturated rings. The van der Waals surface area contributed by atoms with Crippen molar-refractivity contribution in [3.63, 3.8) is 0 Å². The van der Waals surface area contributed by atoms with Crippen molar-refractivity contribution in [2.45, 2.75) is 152 Å². The Morgan fingerprint density at radius 1 is 0.656 bits per heavy atom. The van der Waals surface area contributed by atoms with Crippen LogP contribution in [0.5, 0.6) is 0 Å². The van der Waals surface area contributed by atoms with Crippen LogP contribution in [0.2, 0.25) is 26.6 Å². The minimum absolute atomic E-state index is 0.211. The minimum atomic E-state index is -2.20. The van der Waals surface area contributed by atoms with Gasteiger partial charge in [-0.2, -0.15) is 0 Å². The van der Waals surface area contributed by atoms with Gasteiger partial charge in [-0.25, -0.2) is 0 Å². The first-order valence-electron chi connectivity index (χ1n) is 14.2. The van der Waals surface area contributed by atoms with E-state index in [4.69, 9.17) is 5.11 Å². The van der Waals surface area contributed by atoms with Crippen LogP contribution in [-0.2, 0) is 4.79 Å². The summed E-state index contributed by atoms with van der Waals surface area (Å²) in [7, 11) is 0. The topological polar surface area (TPSA) is 37.3 Å². The first-order chi connectivity index (χ1) is 15.4. The molecule has 0 saturated carbocycles. The Hall–Kier alpha value is 0.807. The Morgan fingerprint density at radius 3 is 1.28 bits per heavy atom. The van der Waals surface area contributed by atoms with Gasteiger partial charge >= 0.3 is 216 Å². The molecule has 4 heteroatoms. The summed E-state index contributed by atoms with van der Waals surface area (Å²) in [4.78, 5) is 10.7. The summed E-state index contributed by atoms with van der Waals surface area (Å²) < 4.78 is 11.7. The molecule has 1 radical (unpaired) electrons. The summed E-state index contributed by atoms with van der Waals surface area (Å²) in [5.41, 5.74) is 0. The van der Waals surface area contributed by atoms with Gasteiger partial charge in [-0.3, -0.25) is 0 Å². The van der Waals surface area contributed by atoms with E-state index in [0.29, 0.717) is 0 Å². The Morgan fingerprint density at radius 2 is 1.00 bits per heavy atom. The molecule has 0 amide bonds. The van der Waals surface area contributed by atoms with E-state index in [1.54, 1.807) is 13.3 Å². The molecule has 0 heterocycles. The fourth-order valence-electron chi connectivity index (χ4n) is 4.28.